The minimum Gasteiger partial charge on any atom is -0.333 e. The maximum Gasteiger partial charge on any atom is -0.0687 e. The van der Waals surface area contributed by atoms with Gasteiger partial charge in [0.15, 0.2) is 0 Å². The smallest absolute Gasteiger partial charge is 0.0687 e. The van der Waals surface area contributed by atoms with Crippen molar-refractivity contribution in [3.05, 3.63) is 31.2 Å². The van der Waals surface area contributed by atoms with Gasteiger partial charge in [-0.05, 0) is 0 Å². The monoisotopic (exact) mass is 261 g/mol. The van der Waals surface area contributed by atoms with Crippen LogP contribution in [-0.2, 0) is 30.3 Å². The summed E-state index contributed by atoms with van der Waals surface area (Å²) in [6, 6.07) is 0. The van der Waals surface area contributed by atoms with Gasteiger partial charge in [-0.1, -0.05) is 12.2 Å². The summed E-state index contributed by atoms with van der Waals surface area (Å²) in [4.78, 5) is 28.2. The van der Waals surface area contributed by atoms with E-state index in [2.05, 4.69) is 19.1 Å². The molecule has 0 N–H and O–H groups in total. The second-order valence-electron chi connectivity index (χ2n) is 1.99. The Kier molecular flexibility index (Phi) is 6.92. The predicted octanol–water partition coefficient (Wildman–Crippen LogP) is 0.369. The quantitative estimate of drug-likeness (QED) is 0.466. The van der Waals surface area contributed by atoms with Crippen LogP contribution in [-0.4, -0.2) is 12.8 Å². The number of allylic oxidation sites excluding steroid dienone is 4. The molecule has 0 unspecified atom stereocenters. The minimum atomic E-state index is -2.85. The van der Waals surface area contributed by atoms with Crippen molar-refractivity contribution >= 4 is 12.8 Å². The predicted molar refractivity (Wildman–Crippen MR) is 44.2 cm³/mol. The van der Waals surface area contributed by atoms with E-state index in [1.165, 1.54) is 12.8 Å². The molecule has 0 radical (unpaired) electrons. The Morgan fingerprint density at radius 1 is 1.00 bits per heavy atom. The van der Waals surface area contributed by atoms with Crippen LogP contribution in [0.5, 0.6) is 0 Å². The van der Waals surface area contributed by atoms with E-state index in [9.17, 15) is 14.4 Å². The van der Waals surface area contributed by atoms with Crippen LogP contribution in [0.15, 0.2) is 24.3 Å². The van der Waals surface area contributed by atoms with Crippen LogP contribution in [0.1, 0.15) is 0 Å². The Bertz CT molecular complexity index is 366. The second kappa shape index (κ2) is 7.55. The van der Waals surface area contributed by atoms with E-state index in [-0.39, 0.29) is 0 Å². The van der Waals surface area contributed by atoms with E-state index >= 15 is 0 Å². The van der Waals surface area contributed by atoms with Crippen LogP contribution in [0.25, 0.3) is 0 Å². The van der Waals surface area contributed by atoms with Crippen molar-refractivity contribution in [1.29, 1.82) is 0 Å². The minimum absolute atomic E-state index is 0.435. The van der Waals surface area contributed by atoms with Crippen LogP contribution in [0.4, 0.5) is 0 Å². The topological polar surface area (TPSA) is 51.2 Å². The van der Waals surface area contributed by atoms with Gasteiger partial charge in [0.1, 0.15) is 0 Å². The third kappa shape index (κ3) is 6.10. The standard InChI is InChI=1S/C6H7.3CO.Mo/c1-6-4-2-3-5-6;3*1-2;/h2-6H,1H2;;;;/q-1;;;;. The van der Waals surface area contributed by atoms with E-state index in [1.807, 2.05) is 12.2 Å². The van der Waals surface area contributed by atoms with E-state index in [1.54, 1.807) is 0 Å². The molecule has 1 aliphatic rings. The Hall–Kier alpha value is -1.09. The third-order valence-corrected chi connectivity index (χ3v) is 2.31. The summed E-state index contributed by atoms with van der Waals surface area (Å²) in [6.07, 6.45) is 8.13. The van der Waals surface area contributed by atoms with Gasteiger partial charge in [0.2, 0.25) is 0 Å². The van der Waals surface area contributed by atoms with Gasteiger partial charge in [0.25, 0.3) is 0 Å². The molecule has 0 spiro atoms. The molecule has 0 fully saturated rings. The molecule has 0 saturated carbocycles. The first-order valence-electron chi connectivity index (χ1n) is 3.30. The van der Waals surface area contributed by atoms with E-state index in [0.717, 1.165) is 0 Å². The maximum atomic E-state index is 9.39. The van der Waals surface area contributed by atoms with Gasteiger partial charge in [-0.25, -0.2) is 0 Å². The molecule has 68 valence electrons. The third-order valence-electron chi connectivity index (χ3n) is 1.08. The second-order valence-corrected chi connectivity index (χ2v) is 4.72. The molecule has 1 aliphatic carbocycles. The van der Waals surface area contributed by atoms with Crippen molar-refractivity contribution in [2.24, 2.45) is 5.92 Å². The summed E-state index contributed by atoms with van der Waals surface area (Å²) >= 11 is -2.85. The maximum absolute atomic E-state index is 9.39. The molecule has 0 aromatic rings. The zero-order chi connectivity index (χ0) is 10.1. The molecule has 1 rings (SSSR count). The van der Waals surface area contributed by atoms with Gasteiger partial charge in [0.05, 0.1) is 0 Å². The summed E-state index contributed by atoms with van der Waals surface area (Å²) in [5.74, 6) is 0.435. The normalized spacial score (nSPS) is 12.1. The number of hydrogen-bond acceptors (Lipinski definition) is 3. The molecule has 0 aliphatic heterocycles. The zero-order valence-corrected chi connectivity index (χ0v) is 8.73. The first kappa shape index (κ1) is 11.9. The van der Waals surface area contributed by atoms with Crippen LogP contribution in [0.2, 0.25) is 0 Å². The van der Waals surface area contributed by atoms with Crippen LogP contribution < -0.4 is 0 Å². The summed E-state index contributed by atoms with van der Waals surface area (Å²) in [5.41, 5.74) is 0. The molecule has 0 aromatic heterocycles. The van der Waals surface area contributed by atoms with Crippen LogP contribution in [0.3, 0.4) is 0 Å². The molecule has 3 nitrogen and oxygen atoms in total. The van der Waals surface area contributed by atoms with Crippen molar-refractivity contribution in [1.82, 2.24) is 0 Å². The summed E-state index contributed by atoms with van der Waals surface area (Å²) in [7, 11) is 0. The molecule has 0 aromatic carbocycles. The zero-order valence-electron chi connectivity index (χ0n) is 6.73. The van der Waals surface area contributed by atoms with Gasteiger partial charge in [-0.3, -0.25) is 0 Å². The van der Waals surface area contributed by atoms with E-state index in [4.69, 9.17) is 0 Å². The van der Waals surface area contributed by atoms with Gasteiger partial charge < -0.3 is 6.92 Å². The fourth-order valence-corrected chi connectivity index (χ4v) is 0.780. The van der Waals surface area contributed by atoms with Crippen molar-refractivity contribution in [2.45, 2.75) is 0 Å². The van der Waals surface area contributed by atoms with Crippen molar-refractivity contribution in [2.75, 3.05) is 0 Å². The van der Waals surface area contributed by atoms with Crippen molar-refractivity contribution in [3.63, 3.8) is 0 Å². The van der Waals surface area contributed by atoms with Gasteiger partial charge in [0, 0.05) is 0 Å². The first-order chi connectivity index (χ1) is 6.24. The summed E-state index contributed by atoms with van der Waals surface area (Å²) in [5, 5.41) is 0. The Morgan fingerprint density at radius 2 is 1.38 bits per heavy atom. The van der Waals surface area contributed by atoms with Crippen LogP contribution in [0, 0.1) is 12.8 Å². The number of rotatable bonds is 0. The molecule has 0 atom stereocenters. The van der Waals surface area contributed by atoms with E-state index in [0.29, 0.717) is 5.92 Å². The van der Waals surface area contributed by atoms with Gasteiger partial charge in [-0.15, -0.1) is 18.1 Å². The fraction of sp³-hybridized carbons (Fsp3) is 0.111. The first-order valence-corrected chi connectivity index (χ1v) is 6.31. The largest absolute Gasteiger partial charge is 0.333 e. The fourth-order valence-electron chi connectivity index (χ4n) is 0.529. The van der Waals surface area contributed by atoms with Crippen molar-refractivity contribution < 1.29 is 30.3 Å². The Labute approximate surface area is 80.5 Å². The Morgan fingerprint density at radius 3 is 1.46 bits per heavy atom. The molecular formula is C9H7MoO3-. The average molecular weight is 259 g/mol. The molecule has 0 saturated heterocycles. The molecule has 0 amide bonds. The Balaban J connectivity index is 0.000000223. The van der Waals surface area contributed by atoms with Gasteiger partial charge in [-0.2, -0.15) is 0 Å². The molecule has 0 bridgehead atoms. The van der Waals surface area contributed by atoms with Crippen LogP contribution >= 0.6 is 0 Å². The van der Waals surface area contributed by atoms with Gasteiger partial charge >= 0.3 is 43.1 Å². The van der Waals surface area contributed by atoms with Crippen molar-refractivity contribution in [3.8, 4) is 0 Å². The molecule has 0 heterocycles. The number of carbonyl (C=O) groups excluding carboxylic acids is 3. The van der Waals surface area contributed by atoms with E-state index < -0.39 is 15.9 Å². The average Bonchev–Trinajstić information content (AvgIpc) is 2.60. The molecular weight excluding hydrogens is 252 g/mol. The SMILES string of the molecule is O=[C]=[Mo](=[C]=O)=[C]=O.[CH2-]C1C=CC=C1. The summed E-state index contributed by atoms with van der Waals surface area (Å²) < 4.78 is 3.82. The molecule has 13 heavy (non-hydrogen) atoms. The summed E-state index contributed by atoms with van der Waals surface area (Å²) in [6.45, 7) is 3.76. The molecule has 4 heteroatoms. The number of hydrogen-bond donors (Lipinski definition) is 0.